The Morgan fingerprint density at radius 1 is 0.929 bits per heavy atom. The molecule has 0 bridgehead atoms. The van der Waals surface area contributed by atoms with Crippen LogP contribution in [0.4, 0.5) is 0 Å². The molecule has 2 aromatic carbocycles. The average Bonchev–Trinajstić information content (AvgIpc) is 2.64. The molecule has 0 unspecified atom stereocenters. The molecule has 0 heterocycles. The molecule has 0 N–H and O–H groups in total. The van der Waals surface area contributed by atoms with Gasteiger partial charge in [-0.15, -0.1) is 0 Å². The fourth-order valence-corrected chi connectivity index (χ4v) is 4.06. The first kappa shape index (κ1) is 20.4. The van der Waals surface area contributed by atoms with Crippen LogP contribution in [0.15, 0.2) is 42.5 Å². The van der Waals surface area contributed by atoms with Crippen LogP contribution in [-0.4, -0.2) is 5.97 Å². The van der Waals surface area contributed by atoms with E-state index < -0.39 is 0 Å². The van der Waals surface area contributed by atoms with E-state index in [9.17, 15) is 4.79 Å². The second kappa shape index (κ2) is 7.58. The standard InChI is InChI=1S/C26H32O2/c1-18(15-20-7-9-21(10-8-20)17-28-19(2)27)22-11-12-23-24(16-22)26(5,6)14-13-25(23,3)4/h7-12,15-16H,13-14,17H2,1-6H3/b18-15+. The topological polar surface area (TPSA) is 26.3 Å². The number of carbonyl (C=O) groups is 1. The minimum Gasteiger partial charge on any atom is -0.461 e. The van der Waals surface area contributed by atoms with Crippen LogP contribution in [0.5, 0.6) is 0 Å². The molecular weight excluding hydrogens is 344 g/mol. The van der Waals surface area contributed by atoms with Crippen LogP contribution >= 0.6 is 0 Å². The highest BCUT2D eigenvalue weighted by Gasteiger charge is 2.36. The number of fused-ring (bicyclic) bond motifs is 1. The Morgan fingerprint density at radius 2 is 1.54 bits per heavy atom. The summed E-state index contributed by atoms with van der Waals surface area (Å²) in [5.74, 6) is -0.252. The van der Waals surface area contributed by atoms with E-state index in [0.29, 0.717) is 6.61 Å². The van der Waals surface area contributed by atoms with Crippen molar-refractivity contribution in [2.24, 2.45) is 0 Å². The minimum absolute atomic E-state index is 0.222. The van der Waals surface area contributed by atoms with E-state index >= 15 is 0 Å². The van der Waals surface area contributed by atoms with Crippen LogP contribution in [-0.2, 0) is 27.0 Å². The maximum atomic E-state index is 10.9. The van der Waals surface area contributed by atoms with Gasteiger partial charge < -0.3 is 4.74 Å². The van der Waals surface area contributed by atoms with Gasteiger partial charge in [0.2, 0.25) is 0 Å². The molecule has 2 aromatic rings. The molecule has 28 heavy (non-hydrogen) atoms. The number of hydrogen-bond donors (Lipinski definition) is 0. The van der Waals surface area contributed by atoms with Gasteiger partial charge in [0, 0.05) is 6.92 Å². The zero-order chi connectivity index (χ0) is 20.5. The van der Waals surface area contributed by atoms with Crippen LogP contribution in [0, 0.1) is 0 Å². The normalized spacial score (nSPS) is 17.7. The number of rotatable bonds is 4. The summed E-state index contributed by atoms with van der Waals surface area (Å²) in [5, 5.41) is 0. The lowest BCUT2D eigenvalue weighted by atomic mass is 9.63. The second-order valence-electron chi connectivity index (χ2n) is 9.38. The highest BCUT2D eigenvalue weighted by Crippen LogP contribution is 2.46. The van der Waals surface area contributed by atoms with Crippen molar-refractivity contribution < 1.29 is 9.53 Å². The van der Waals surface area contributed by atoms with Gasteiger partial charge >= 0.3 is 5.97 Å². The number of ether oxygens (including phenoxy) is 1. The van der Waals surface area contributed by atoms with Crippen molar-refractivity contribution in [1.82, 2.24) is 0 Å². The second-order valence-corrected chi connectivity index (χ2v) is 9.38. The first-order valence-corrected chi connectivity index (χ1v) is 10.1. The maximum absolute atomic E-state index is 10.9. The number of allylic oxidation sites excluding steroid dienone is 1. The molecular formula is C26H32O2. The molecule has 0 radical (unpaired) electrons. The van der Waals surface area contributed by atoms with E-state index in [-0.39, 0.29) is 16.8 Å². The van der Waals surface area contributed by atoms with Crippen LogP contribution in [0.3, 0.4) is 0 Å². The van der Waals surface area contributed by atoms with E-state index in [1.165, 1.54) is 42.0 Å². The highest BCUT2D eigenvalue weighted by atomic mass is 16.5. The Kier molecular flexibility index (Phi) is 5.52. The van der Waals surface area contributed by atoms with Crippen LogP contribution in [0.1, 0.15) is 82.2 Å². The zero-order valence-corrected chi connectivity index (χ0v) is 18.1. The quantitative estimate of drug-likeness (QED) is 0.440. The molecule has 0 amide bonds. The number of esters is 1. The smallest absolute Gasteiger partial charge is 0.302 e. The summed E-state index contributed by atoms with van der Waals surface area (Å²) in [6.45, 7) is 13.4. The van der Waals surface area contributed by atoms with Crippen molar-refractivity contribution in [3.05, 3.63) is 70.3 Å². The molecule has 2 heteroatoms. The first-order valence-electron chi connectivity index (χ1n) is 10.1. The third-order valence-electron chi connectivity index (χ3n) is 6.11. The van der Waals surface area contributed by atoms with Gasteiger partial charge in [0.25, 0.3) is 0 Å². The van der Waals surface area contributed by atoms with Crippen LogP contribution in [0.25, 0.3) is 11.6 Å². The lowest BCUT2D eigenvalue weighted by Crippen LogP contribution is -2.33. The Labute approximate surface area is 169 Å². The first-order chi connectivity index (χ1) is 13.1. The fraction of sp³-hybridized carbons (Fsp3) is 0.423. The Balaban J connectivity index is 1.86. The summed E-state index contributed by atoms with van der Waals surface area (Å²) < 4.78 is 5.05. The van der Waals surface area contributed by atoms with Crippen molar-refractivity contribution in [2.75, 3.05) is 0 Å². The fourth-order valence-electron chi connectivity index (χ4n) is 4.06. The van der Waals surface area contributed by atoms with E-state index in [4.69, 9.17) is 4.74 Å². The molecule has 0 aliphatic heterocycles. The van der Waals surface area contributed by atoms with Crippen molar-refractivity contribution in [3.8, 4) is 0 Å². The zero-order valence-electron chi connectivity index (χ0n) is 18.1. The van der Waals surface area contributed by atoms with Gasteiger partial charge in [-0.2, -0.15) is 0 Å². The lowest BCUT2D eigenvalue weighted by molar-refractivity contribution is -0.142. The monoisotopic (exact) mass is 376 g/mol. The molecule has 2 nitrogen and oxygen atoms in total. The largest absolute Gasteiger partial charge is 0.461 e. The van der Waals surface area contributed by atoms with Crippen molar-refractivity contribution >= 4 is 17.6 Å². The van der Waals surface area contributed by atoms with Gasteiger partial charge in [0.1, 0.15) is 6.61 Å². The number of benzene rings is 2. The van der Waals surface area contributed by atoms with Gasteiger partial charge in [0.15, 0.2) is 0 Å². The molecule has 1 aliphatic rings. The van der Waals surface area contributed by atoms with Gasteiger partial charge in [-0.1, -0.05) is 76.2 Å². The van der Waals surface area contributed by atoms with Crippen molar-refractivity contribution in [1.29, 1.82) is 0 Å². The van der Waals surface area contributed by atoms with Crippen LogP contribution < -0.4 is 0 Å². The Bertz CT molecular complexity index is 899. The molecule has 0 fully saturated rings. The summed E-state index contributed by atoms with van der Waals surface area (Å²) >= 11 is 0. The Hall–Kier alpha value is -2.35. The van der Waals surface area contributed by atoms with Gasteiger partial charge in [-0.3, -0.25) is 4.79 Å². The van der Waals surface area contributed by atoms with Gasteiger partial charge in [-0.25, -0.2) is 0 Å². The predicted molar refractivity (Wildman–Crippen MR) is 117 cm³/mol. The number of carbonyl (C=O) groups excluding carboxylic acids is 1. The predicted octanol–water partition coefficient (Wildman–Crippen LogP) is 6.66. The summed E-state index contributed by atoms with van der Waals surface area (Å²) in [5.41, 5.74) is 8.16. The summed E-state index contributed by atoms with van der Waals surface area (Å²) in [4.78, 5) is 10.9. The molecule has 0 spiro atoms. The molecule has 0 atom stereocenters. The molecule has 0 aromatic heterocycles. The summed E-state index contributed by atoms with van der Waals surface area (Å²) in [6.07, 6.45) is 4.68. The van der Waals surface area contributed by atoms with Crippen molar-refractivity contribution in [2.45, 2.75) is 71.8 Å². The summed E-state index contributed by atoms with van der Waals surface area (Å²) in [6, 6.07) is 15.2. The molecule has 1 aliphatic carbocycles. The molecule has 148 valence electrons. The Morgan fingerprint density at radius 3 is 2.14 bits per heavy atom. The third kappa shape index (κ3) is 4.38. The SMILES string of the molecule is CC(=O)OCc1ccc(/C=C(\C)c2ccc3c(c2)C(C)(C)CCC3(C)C)cc1. The maximum Gasteiger partial charge on any atom is 0.302 e. The highest BCUT2D eigenvalue weighted by molar-refractivity contribution is 5.80. The van der Waals surface area contributed by atoms with Crippen LogP contribution in [0.2, 0.25) is 0 Å². The third-order valence-corrected chi connectivity index (χ3v) is 6.11. The molecule has 3 rings (SSSR count). The summed E-state index contributed by atoms with van der Waals surface area (Å²) in [7, 11) is 0. The van der Waals surface area contributed by atoms with Gasteiger partial charge in [0.05, 0.1) is 0 Å². The van der Waals surface area contributed by atoms with E-state index in [0.717, 1.165) is 11.1 Å². The lowest BCUT2D eigenvalue weighted by Gasteiger charge is -2.42. The van der Waals surface area contributed by atoms with E-state index in [1.807, 2.05) is 12.1 Å². The molecule has 0 saturated carbocycles. The van der Waals surface area contributed by atoms with E-state index in [1.54, 1.807) is 0 Å². The number of hydrogen-bond acceptors (Lipinski definition) is 2. The minimum atomic E-state index is -0.252. The van der Waals surface area contributed by atoms with E-state index in [2.05, 4.69) is 71.0 Å². The van der Waals surface area contributed by atoms with Gasteiger partial charge in [-0.05, 0) is 64.0 Å². The average molecular weight is 377 g/mol. The molecule has 0 saturated heterocycles. The van der Waals surface area contributed by atoms with Crippen molar-refractivity contribution in [3.63, 3.8) is 0 Å².